The normalized spacial score (nSPS) is 13.7. The molecule has 8 heteroatoms. The van der Waals surface area contributed by atoms with Gasteiger partial charge >= 0.3 is 0 Å². The standard InChI is InChI=1S/C10H13N3O4S/c1-13-7-8(5-11-13)18(15,16)12-6-9(14)10-3-2-4-17-10/h2-5,7,9,12,14H,6H2,1H3. The quantitative estimate of drug-likeness (QED) is 0.799. The highest BCUT2D eigenvalue weighted by atomic mass is 32.2. The highest BCUT2D eigenvalue weighted by Crippen LogP contribution is 2.13. The number of hydrogen-bond acceptors (Lipinski definition) is 5. The number of aliphatic hydroxyl groups excluding tert-OH is 1. The molecule has 2 N–H and O–H groups in total. The molecule has 0 bridgehead atoms. The lowest BCUT2D eigenvalue weighted by Crippen LogP contribution is -2.28. The van der Waals surface area contributed by atoms with Crippen LogP contribution in [-0.2, 0) is 17.1 Å². The van der Waals surface area contributed by atoms with Crippen molar-refractivity contribution in [2.24, 2.45) is 7.05 Å². The van der Waals surface area contributed by atoms with Crippen LogP contribution >= 0.6 is 0 Å². The molecule has 0 aliphatic carbocycles. The van der Waals surface area contributed by atoms with E-state index in [2.05, 4.69) is 9.82 Å². The van der Waals surface area contributed by atoms with E-state index in [-0.39, 0.29) is 11.4 Å². The second kappa shape index (κ2) is 4.92. The maximum atomic E-state index is 11.8. The van der Waals surface area contributed by atoms with Gasteiger partial charge in [0.25, 0.3) is 0 Å². The van der Waals surface area contributed by atoms with Gasteiger partial charge in [-0.25, -0.2) is 13.1 Å². The Hall–Kier alpha value is -1.64. The van der Waals surface area contributed by atoms with E-state index in [1.54, 1.807) is 19.2 Å². The summed E-state index contributed by atoms with van der Waals surface area (Å²) in [6.45, 7) is -0.162. The highest BCUT2D eigenvalue weighted by Gasteiger charge is 2.19. The van der Waals surface area contributed by atoms with E-state index in [1.165, 1.54) is 23.3 Å². The summed E-state index contributed by atoms with van der Waals surface area (Å²) in [5.74, 6) is 0.309. The number of furan rings is 1. The molecular weight excluding hydrogens is 258 g/mol. The molecule has 2 rings (SSSR count). The minimum atomic E-state index is -3.66. The van der Waals surface area contributed by atoms with Gasteiger partial charge in [0.05, 0.1) is 12.5 Å². The molecule has 0 saturated carbocycles. The van der Waals surface area contributed by atoms with Gasteiger partial charge in [0.2, 0.25) is 10.0 Å². The van der Waals surface area contributed by atoms with E-state index >= 15 is 0 Å². The lowest BCUT2D eigenvalue weighted by Gasteiger charge is -2.08. The predicted octanol–water partition coefficient (Wildman–Crippen LogP) is 0.0250. The molecule has 98 valence electrons. The van der Waals surface area contributed by atoms with Gasteiger partial charge in [-0.2, -0.15) is 5.10 Å². The van der Waals surface area contributed by atoms with Crippen molar-refractivity contribution in [2.75, 3.05) is 6.54 Å². The van der Waals surface area contributed by atoms with Crippen LogP contribution in [0.1, 0.15) is 11.9 Å². The zero-order valence-electron chi connectivity index (χ0n) is 9.65. The smallest absolute Gasteiger partial charge is 0.243 e. The topological polar surface area (TPSA) is 97.4 Å². The molecule has 0 fully saturated rings. The molecule has 1 atom stereocenters. The van der Waals surface area contributed by atoms with Crippen molar-refractivity contribution in [2.45, 2.75) is 11.0 Å². The second-order valence-electron chi connectivity index (χ2n) is 3.73. The average molecular weight is 271 g/mol. The monoisotopic (exact) mass is 271 g/mol. The molecule has 0 aliphatic rings. The predicted molar refractivity (Wildman–Crippen MR) is 62.1 cm³/mol. The van der Waals surface area contributed by atoms with Crippen LogP contribution in [0.3, 0.4) is 0 Å². The molecule has 0 aliphatic heterocycles. The highest BCUT2D eigenvalue weighted by molar-refractivity contribution is 7.89. The molecule has 2 aromatic rings. The van der Waals surface area contributed by atoms with Crippen LogP contribution in [0.5, 0.6) is 0 Å². The summed E-state index contributed by atoms with van der Waals surface area (Å²) in [7, 11) is -2.04. The molecule has 1 unspecified atom stereocenters. The minimum absolute atomic E-state index is 0.0524. The van der Waals surface area contributed by atoms with Crippen molar-refractivity contribution in [1.82, 2.24) is 14.5 Å². The molecule has 2 heterocycles. The van der Waals surface area contributed by atoms with Crippen molar-refractivity contribution in [3.8, 4) is 0 Å². The first-order valence-corrected chi connectivity index (χ1v) is 6.67. The summed E-state index contributed by atoms with van der Waals surface area (Å²) in [6.07, 6.45) is 3.00. The van der Waals surface area contributed by atoms with E-state index < -0.39 is 16.1 Å². The number of nitrogens with one attached hydrogen (secondary N) is 1. The van der Waals surface area contributed by atoms with Gasteiger partial charge < -0.3 is 9.52 Å². The fourth-order valence-electron chi connectivity index (χ4n) is 1.39. The zero-order valence-corrected chi connectivity index (χ0v) is 10.5. The molecular formula is C10H13N3O4S. The van der Waals surface area contributed by atoms with Crippen molar-refractivity contribution in [1.29, 1.82) is 0 Å². The van der Waals surface area contributed by atoms with Gasteiger partial charge in [0.15, 0.2) is 0 Å². The van der Waals surface area contributed by atoms with Gasteiger partial charge in [-0.1, -0.05) is 0 Å². The Balaban J connectivity index is 2.02. The van der Waals surface area contributed by atoms with Crippen LogP contribution < -0.4 is 4.72 Å². The largest absolute Gasteiger partial charge is 0.467 e. The number of aryl methyl sites for hydroxylation is 1. The Labute approximate surface area is 104 Å². The van der Waals surface area contributed by atoms with Gasteiger partial charge in [0.1, 0.15) is 16.8 Å². The lowest BCUT2D eigenvalue weighted by atomic mass is 10.3. The van der Waals surface area contributed by atoms with Crippen LogP contribution in [0.25, 0.3) is 0 Å². The third-order valence-electron chi connectivity index (χ3n) is 2.33. The third-order valence-corrected chi connectivity index (χ3v) is 3.71. The first-order valence-electron chi connectivity index (χ1n) is 5.19. The van der Waals surface area contributed by atoms with Crippen molar-refractivity contribution in [3.05, 3.63) is 36.5 Å². The minimum Gasteiger partial charge on any atom is -0.467 e. The first-order chi connectivity index (χ1) is 8.49. The summed E-state index contributed by atoms with van der Waals surface area (Å²) in [5.41, 5.74) is 0. The maximum absolute atomic E-state index is 11.8. The molecule has 0 spiro atoms. The molecule has 0 saturated heterocycles. The van der Waals surface area contributed by atoms with Crippen LogP contribution in [0, 0.1) is 0 Å². The number of nitrogens with zero attached hydrogens (tertiary/aromatic N) is 2. The van der Waals surface area contributed by atoms with E-state index in [4.69, 9.17) is 4.42 Å². The third kappa shape index (κ3) is 2.78. The Morgan fingerprint density at radius 2 is 2.39 bits per heavy atom. The van der Waals surface area contributed by atoms with Gasteiger partial charge in [-0.05, 0) is 12.1 Å². The number of rotatable bonds is 5. The first kappa shape index (κ1) is 12.8. The SMILES string of the molecule is Cn1cc(S(=O)(=O)NCC(O)c2ccco2)cn1. The Kier molecular flexibility index (Phi) is 3.50. The zero-order chi connectivity index (χ0) is 13.2. The molecule has 0 radical (unpaired) electrons. The Morgan fingerprint density at radius 3 is 2.94 bits per heavy atom. The van der Waals surface area contributed by atoms with Gasteiger partial charge in [-0.3, -0.25) is 4.68 Å². The molecule has 0 amide bonds. The van der Waals surface area contributed by atoms with E-state index in [0.29, 0.717) is 5.76 Å². The molecule has 18 heavy (non-hydrogen) atoms. The molecule has 7 nitrogen and oxygen atoms in total. The Morgan fingerprint density at radius 1 is 1.61 bits per heavy atom. The van der Waals surface area contributed by atoms with Gasteiger partial charge in [0, 0.05) is 19.8 Å². The summed E-state index contributed by atoms with van der Waals surface area (Å²) < 4.78 is 32.3. The van der Waals surface area contributed by atoms with Crippen LogP contribution in [0.15, 0.2) is 40.1 Å². The fourth-order valence-corrected chi connectivity index (χ4v) is 2.41. The lowest BCUT2D eigenvalue weighted by molar-refractivity contribution is 0.154. The number of aliphatic hydroxyl groups is 1. The second-order valence-corrected chi connectivity index (χ2v) is 5.50. The number of aromatic nitrogens is 2. The van der Waals surface area contributed by atoms with Crippen LogP contribution in [0.4, 0.5) is 0 Å². The maximum Gasteiger partial charge on any atom is 0.243 e. The summed E-state index contributed by atoms with van der Waals surface area (Å²) in [5, 5.41) is 13.5. The van der Waals surface area contributed by atoms with E-state index in [0.717, 1.165) is 0 Å². The summed E-state index contributed by atoms with van der Waals surface area (Å²) >= 11 is 0. The molecule has 2 aromatic heterocycles. The fraction of sp³-hybridized carbons (Fsp3) is 0.300. The van der Waals surface area contributed by atoms with Crippen molar-refractivity contribution >= 4 is 10.0 Å². The Bertz CT molecular complexity index is 603. The van der Waals surface area contributed by atoms with Crippen molar-refractivity contribution in [3.63, 3.8) is 0 Å². The number of sulfonamides is 1. The van der Waals surface area contributed by atoms with E-state index in [9.17, 15) is 13.5 Å². The van der Waals surface area contributed by atoms with Crippen molar-refractivity contribution < 1.29 is 17.9 Å². The molecule has 0 aromatic carbocycles. The van der Waals surface area contributed by atoms with E-state index in [1.807, 2.05) is 0 Å². The van der Waals surface area contributed by atoms with Crippen LogP contribution in [-0.4, -0.2) is 29.8 Å². The number of hydrogen-bond donors (Lipinski definition) is 2. The summed E-state index contributed by atoms with van der Waals surface area (Å²) in [4.78, 5) is 0.0524. The average Bonchev–Trinajstić information content (AvgIpc) is 2.96. The van der Waals surface area contributed by atoms with Gasteiger partial charge in [-0.15, -0.1) is 0 Å². The summed E-state index contributed by atoms with van der Waals surface area (Å²) in [6, 6.07) is 3.19. The van der Waals surface area contributed by atoms with Crippen LogP contribution in [0.2, 0.25) is 0 Å².